The second kappa shape index (κ2) is 7.58. The van der Waals surface area contributed by atoms with Crippen LogP contribution in [0.25, 0.3) is 0 Å². The third-order valence-corrected chi connectivity index (χ3v) is 3.64. The molecule has 1 aromatic heterocycles. The Hall–Kier alpha value is -2.90. The highest BCUT2D eigenvalue weighted by Crippen LogP contribution is 2.15. The summed E-state index contributed by atoms with van der Waals surface area (Å²) in [4.78, 5) is 23.5. The number of hydrogen-bond donors (Lipinski definition) is 4. The SMILES string of the molecule is CNC(=O)c1cc(NC(=O)NCCc2c(C)n[nH]c2C)ccc1F. The van der Waals surface area contributed by atoms with Gasteiger partial charge in [-0.05, 0) is 44.0 Å². The first-order valence-electron chi connectivity index (χ1n) is 7.49. The quantitative estimate of drug-likeness (QED) is 0.672. The number of amides is 3. The number of aromatic amines is 1. The Balaban J connectivity index is 1.92. The summed E-state index contributed by atoms with van der Waals surface area (Å²) in [5.41, 5.74) is 3.16. The highest BCUT2D eigenvalue weighted by Gasteiger charge is 2.12. The number of hydrogen-bond acceptors (Lipinski definition) is 3. The lowest BCUT2D eigenvalue weighted by Gasteiger charge is -2.09. The largest absolute Gasteiger partial charge is 0.355 e. The normalized spacial score (nSPS) is 10.3. The zero-order chi connectivity index (χ0) is 17.7. The fraction of sp³-hybridized carbons (Fsp3) is 0.312. The lowest BCUT2D eigenvalue weighted by Crippen LogP contribution is -2.30. The second-order valence-electron chi connectivity index (χ2n) is 5.32. The number of nitrogens with zero attached hydrogens (tertiary/aromatic N) is 1. The third kappa shape index (κ3) is 4.09. The number of rotatable bonds is 5. The van der Waals surface area contributed by atoms with Gasteiger partial charge in [0, 0.05) is 25.0 Å². The molecule has 0 saturated heterocycles. The number of halogens is 1. The van der Waals surface area contributed by atoms with Crippen molar-refractivity contribution < 1.29 is 14.0 Å². The molecule has 24 heavy (non-hydrogen) atoms. The zero-order valence-corrected chi connectivity index (χ0v) is 13.8. The van der Waals surface area contributed by atoms with Gasteiger partial charge < -0.3 is 16.0 Å². The maximum Gasteiger partial charge on any atom is 0.319 e. The van der Waals surface area contributed by atoms with Crippen molar-refractivity contribution in [3.05, 3.63) is 46.5 Å². The highest BCUT2D eigenvalue weighted by molar-refractivity contribution is 5.97. The van der Waals surface area contributed by atoms with Crippen LogP contribution in [0.3, 0.4) is 0 Å². The molecule has 0 spiro atoms. The first kappa shape index (κ1) is 17.5. The van der Waals surface area contributed by atoms with Crippen LogP contribution in [-0.4, -0.2) is 35.7 Å². The fourth-order valence-electron chi connectivity index (χ4n) is 2.33. The Labute approximate surface area is 139 Å². The Morgan fingerprint density at radius 2 is 2.04 bits per heavy atom. The summed E-state index contributed by atoms with van der Waals surface area (Å²) in [6, 6.07) is 3.39. The van der Waals surface area contributed by atoms with E-state index in [2.05, 4.69) is 26.1 Å². The van der Waals surface area contributed by atoms with Gasteiger partial charge in [-0.3, -0.25) is 9.89 Å². The first-order chi connectivity index (χ1) is 11.4. The van der Waals surface area contributed by atoms with Crippen molar-refractivity contribution in [1.29, 1.82) is 0 Å². The Kier molecular flexibility index (Phi) is 5.51. The van der Waals surface area contributed by atoms with Crippen molar-refractivity contribution in [3.8, 4) is 0 Å². The highest BCUT2D eigenvalue weighted by atomic mass is 19.1. The number of carbonyl (C=O) groups is 2. The van der Waals surface area contributed by atoms with E-state index in [4.69, 9.17) is 0 Å². The van der Waals surface area contributed by atoms with E-state index < -0.39 is 17.8 Å². The number of aryl methyl sites for hydroxylation is 2. The summed E-state index contributed by atoms with van der Waals surface area (Å²) in [5.74, 6) is -1.20. The van der Waals surface area contributed by atoms with E-state index in [1.54, 1.807) is 0 Å². The van der Waals surface area contributed by atoms with Gasteiger partial charge in [0.1, 0.15) is 5.82 Å². The lowest BCUT2D eigenvalue weighted by molar-refractivity contribution is 0.0959. The first-order valence-corrected chi connectivity index (χ1v) is 7.49. The molecule has 128 valence electrons. The third-order valence-electron chi connectivity index (χ3n) is 3.64. The molecule has 1 aromatic carbocycles. The fourth-order valence-corrected chi connectivity index (χ4v) is 2.33. The molecular formula is C16H20FN5O2. The summed E-state index contributed by atoms with van der Waals surface area (Å²) in [6.45, 7) is 4.25. The maximum atomic E-state index is 13.6. The molecule has 0 unspecified atom stereocenters. The summed E-state index contributed by atoms with van der Waals surface area (Å²) in [6.07, 6.45) is 0.647. The predicted octanol–water partition coefficient (Wildman–Crippen LogP) is 1.89. The Morgan fingerprint density at radius 3 is 2.67 bits per heavy atom. The number of aromatic nitrogens is 2. The van der Waals surface area contributed by atoms with Crippen LogP contribution >= 0.6 is 0 Å². The van der Waals surface area contributed by atoms with E-state index in [1.807, 2.05) is 13.8 Å². The molecule has 8 heteroatoms. The number of urea groups is 1. The molecule has 0 bridgehead atoms. The lowest BCUT2D eigenvalue weighted by atomic mass is 10.1. The molecule has 0 fully saturated rings. The van der Waals surface area contributed by atoms with Gasteiger partial charge in [-0.15, -0.1) is 0 Å². The topological polar surface area (TPSA) is 98.9 Å². The molecule has 7 nitrogen and oxygen atoms in total. The molecule has 0 atom stereocenters. The average Bonchev–Trinajstić information content (AvgIpc) is 2.87. The average molecular weight is 333 g/mol. The van der Waals surface area contributed by atoms with Crippen LogP contribution in [0.15, 0.2) is 18.2 Å². The molecular weight excluding hydrogens is 313 g/mol. The van der Waals surface area contributed by atoms with Crippen LogP contribution in [0.1, 0.15) is 27.3 Å². The van der Waals surface area contributed by atoms with Crippen molar-refractivity contribution in [2.24, 2.45) is 0 Å². The Morgan fingerprint density at radius 1 is 1.29 bits per heavy atom. The van der Waals surface area contributed by atoms with E-state index in [0.29, 0.717) is 18.7 Å². The van der Waals surface area contributed by atoms with Crippen LogP contribution in [0.2, 0.25) is 0 Å². The van der Waals surface area contributed by atoms with Crippen molar-refractivity contribution in [3.63, 3.8) is 0 Å². The molecule has 0 aliphatic rings. The maximum absolute atomic E-state index is 13.6. The van der Waals surface area contributed by atoms with Crippen molar-refractivity contribution in [2.75, 3.05) is 18.9 Å². The zero-order valence-electron chi connectivity index (χ0n) is 13.8. The number of benzene rings is 1. The number of anilines is 1. The van der Waals surface area contributed by atoms with Gasteiger partial charge in [0.25, 0.3) is 5.91 Å². The summed E-state index contributed by atoms with van der Waals surface area (Å²) in [5, 5.41) is 14.6. The molecule has 0 aliphatic heterocycles. The number of H-pyrrole nitrogens is 1. The Bertz CT molecular complexity index is 737. The molecule has 3 amide bonds. The number of nitrogens with one attached hydrogen (secondary N) is 4. The minimum atomic E-state index is -0.647. The molecule has 2 aromatic rings. The summed E-state index contributed by atoms with van der Waals surface area (Å²) >= 11 is 0. The minimum Gasteiger partial charge on any atom is -0.355 e. The van der Waals surface area contributed by atoms with Crippen molar-refractivity contribution in [2.45, 2.75) is 20.3 Å². The minimum absolute atomic E-state index is 0.125. The van der Waals surface area contributed by atoms with Crippen LogP contribution < -0.4 is 16.0 Å². The van der Waals surface area contributed by atoms with Gasteiger partial charge in [0.2, 0.25) is 0 Å². The monoisotopic (exact) mass is 333 g/mol. The van der Waals surface area contributed by atoms with Gasteiger partial charge >= 0.3 is 6.03 Å². The standard InChI is InChI=1S/C16H20FN5O2/c1-9-12(10(2)22-21-9)6-7-19-16(24)20-11-4-5-14(17)13(8-11)15(23)18-3/h4-5,8H,6-7H2,1-3H3,(H,18,23)(H,21,22)(H2,19,20,24). The second-order valence-corrected chi connectivity index (χ2v) is 5.32. The van der Waals surface area contributed by atoms with Crippen LogP contribution in [0, 0.1) is 19.7 Å². The van der Waals surface area contributed by atoms with Crippen LogP contribution in [0.5, 0.6) is 0 Å². The van der Waals surface area contributed by atoms with Crippen LogP contribution in [-0.2, 0) is 6.42 Å². The van der Waals surface area contributed by atoms with Gasteiger partial charge in [-0.25, -0.2) is 9.18 Å². The van der Waals surface area contributed by atoms with E-state index in [1.165, 1.54) is 19.2 Å². The smallest absolute Gasteiger partial charge is 0.319 e. The molecule has 4 N–H and O–H groups in total. The summed E-state index contributed by atoms with van der Waals surface area (Å²) < 4.78 is 13.6. The van der Waals surface area contributed by atoms with Gasteiger partial charge in [0.15, 0.2) is 0 Å². The van der Waals surface area contributed by atoms with Crippen LogP contribution in [0.4, 0.5) is 14.9 Å². The van der Waals surface area contributed by atoms with Crippen molar-refractivity contribution >= 4 is 17.6 Å². The molecule has 0 radical (unpaired) electrons. The van der Waals surface area contributed by atoms with Crippen molar-refractivity contribution in [1.82, 2.24) is 20.8 Å². The van der Waals surface area contributed by atoms with E-state index in [9.17, 15) is 14.0 Å². The van der Waals surface area contributed by atoms with E-state index in [0.717, 1.165) is 23.0 Å². The molecule has 1 heterocycles. The molecule has 2 rings (SSSR count). The number of carbonyl (C=O) groups excluding carboxylic acids is 2. The van der Waals surface area contributed by atoms with E-state index in [-0.39, 0.29) is 5.56 Å². The molecule has 0 saturated carbocycles. The predicted molar refractivity (Wildman–Crippen MR) is 88.6 cm³/mol. The van der Waals surface area contributed by atoms with Gasteiger partial charge in [-0.2, -0.15) is 5.10 Å². The van der Waals surface area contributed by atoms with Gasteiger partial charge in [-0.1, -0.05) is 0 Å². The molecule has 0 aliphatic carbocycles. The van der Waals surface area contributed by atoms with E-state index >= 15 is 0 Å². The van der Waals surface area contributed by atoms with Gasteiger partial charge in [0.05, 0.1) is 11.3 Å². The summed E-state index contributed by atoms with van der Waals surface area (Å²) in [7, 11) is 1.41.